The van der Waals surface area contributed by atoms with E-state index in [4.69, 9.17) is 0 Å². The standard InChI is InChI=1S/C8H17/c1-4-7-8(5-2)6-3/h7-8H,4-6H2,1-3H3. The van der Waals surface area contributed by atoms with Gasteiger partial charge in [-0.15, -0.1) is 0 Å². The first-order valence-electron chi connectivity index (χ1n) is 3.68. The van der Waals surface area contributed by atoms with Gasteiger partial charge >= 0.3 is 0 Å². The molecule has 49 valence electrons. The molecule has 0 saturated heterocycles. The van der Waals surface area contributed by atoms with Crippen molar-refractivity contribution in [2.24, 2.45) is 5.92 Å². The molecule has 0 saturated carbocycles. The summed E-state index contributed by atoms with van der Waals surface area (Å²) in [4.78, 5) is 0. The van der Waals surface area contributed by atoms with Gasteiger partial charge in [0.15, 0.2) is 0 Å². The maximum atomic E-state index is 2.40. The highest BCUT2D eigenvalue weighted by Gasteiger charge is 1.99. The molecule has 0 aromatic heterocycles. The smallest absolute Gasteiger partial charge is 0.0358 e. The van der Waals surface area contributed by atoms with Crippen molar-refractivity contribution in [3.05, 3.63) is 6.42 Å². The van der Waals surface area contributed by atoms with Crippen LogP contribution in [0.15, 0.2) is 0 Å². The Balaban J connectivity index is 3.07. The minimum atomic E-state index is 0.875. The monoisotopic (exact) mass is 113 g/mol. The maximum Gasteiger partial charge on any atom is -0.0358 e. The second-order valence-electron chi connectivity index (χ2n) is 2.22. The van der Waals surface area contributed by atoms with Crippen molar-refractivity contribution in [3.8, 4) is 0 Å². The lowest BCUT2D eigenvalue weighted by atomic mass is 9.98. The zero-order chi connectivity index (χ0) is 6.41. The highest BCUT2D eigenvalue weighted by atomic mass is 14.0. The van der Waals surface area contributed by atoms with Gasteiger partial charge in [-0.1, -0.05) is 40.0 Å². The van der Waals surface area contributed by atoms with Crippen LogP contribution in [0.25, 0.3) is 0 Å². The topological polar surface area (TPSA) is 0 Å². The molecule has 0 rings (SSSR count). The van der Waals surface area contributed by atoms with Crippen LogP contribution in [0.1, 0.15) is 40.0 Å². The first-order chi connectivity index (χ1) is 3.85. The molecule has 0 spiro atoms. The molecule has 0 aliphatic rings. The highest BCUT2D eigenvalue weighted by molar-refractivity contribution is 4.71. The van der Waals surface area contributed by atoms with Crippen LogP contribution in [-0.2, 0) is 0 Å². The molecule has 0 heterocycles. The normalized spacial score (nSPS) is 10.5. The van der Waals surface area contributed by atoms with Gasteiger partial charge in [-0.25, -0.2) is 0 Å². The molecule has 0 fully saturated rings. The Morgan fingerprint density at radius 3 is 1.75 bits per heavy atom. The summed E-state index contributed by atoms with van der Waals surface area (Å²) in [6.45, 7) is 6.71. The van der Waals surface area contributed by atoms with Crippen LogP contribution in [0.2, 0.25) is 0 Å². The van der Waals surface area contributed by atoms with Gasteiger partial charge in [0.2, 0.25) is 0 Å². The minimum absolute atomic E-state index is 0.875. The van der Waals surface area contributed by atoms with Crippen LogP contribution in [0, 0.1) is 12.3 Å². The van der Waals surface area contributed by atoms with E-state index in [9.17, 15) is 0 Å². The number of hydrogen-bond donors (Lipinski definition) is 0. The van der Waals surface area contributed by atoms with Crippen molar-refractivity contribution in [1.29, 1.82) is 0 Å². The Labute approximate surface area is 53.3 Å². The Bertz CT molecular complexity index is 35.3. The van der Waals surface area contributed by atoms with Crippen molar-refractivity contribution in [2.45, 2.75) is 40.0 Å². The van der Waals surface area contributed by atoms with Gasteiger partial charge in [-0.3, -0.25) is 0 Å². The van der Waals surface area contributed by atoms with Gasteiger partial charge in [0, 0.05) is 0 Å². The fourth-order valence-electron chi connectivity index (χ4n) is 0.955. The predicted octanol–water partition coefficient (Wildman–Crippen LogP) is 3.04. The first-order valence-corrected chi connectivity index (χ1v) is 3.68. The fourth-order valence-corrected chi connectivity index (χ4v) is 0.955. The molecule has 0 atom stereocenters. The number of hydrogen-bond acceptors (Lipinski definition) is 0. The van der Waals surface area contributed by atoms with Crippen LogP contribution in [0.5, 0.6) is 0 Å². The van der Waals surface area contributed by atoms with Crippen LogP contribution in [0.3, 0.4) is 0 Å². The lowest BCUT2D eigenvalue weighted by Gasteiger charge is -2.07. The lowest BCUT2D eigenvalue weighted by molar-refractivity contribution is 0.549. The minimum Gasteiger partial charge on any atom is -0.0651 e. The third-order valence-electron chi connectivity index (χ3n) is 1.62. The molecule has 0 aliphatic heterocycles. The van der Waals surface area contributed by atoms with Crippen molar-refractivity contribution < 1.29 is 0 Å². The van der Waals surface area contributed by atoms with Gasteiger partial charge in [0.05, 0.1) is 0 Å². The average molecular weight is 113 g/mol. The quantitative estimate of drug-likeness (QED) is 0.525. The third-order valence-corrected chi connectivity index (χ3v) is 1.62. The second kappa shape index (κ2) is 5.14. The van der Waals surface area contributed by atoms with Crippen LogP contribution >= 0.6 is 0 Å². The Morgan fingerprint density at radius 2 is 1.62 bits per heavy atom. The fraction of sp³-hybridized carbons (Fsp3) is 0.875. The summed E-state index contributed by atoms with van der Waals surface area (Å²) < 4.78 is 0. The van der Waals surface area contributed by atoms with E-state index in [2.05, 4.69) is 27.2 Å². The van der Waals surface area contributed by atoms with Crippen LogP contribution in [0.4, 0.5) is 0 Å². The van der Waals surface area contributed by atoms with E-state index in [0.29, 0.717) is 0 Å². The van der Waals surface area contributed by atoms with Crippen molar-refractivity contribution in [3.63, 3.8) is 0 Å². The van der Waals surface area contributed by atoms with Crippen molar-refractivity contribution in [1.82, 2.24) is 0 Å². The molecule has 0 nitrogen and oxygen atoms in total. The molecule has 1 radical (unpaired) electrons. The molecule has 0 aliphatic carbocycles. The van der Waals surface area contributed by atoms with Crippen molar-refractivity contribution in [2.75, 3.05) is 0 Å². The molecule has 0 heteroatoms. The molecule has 0 unspecified atom stereocenters. The van der Waals surface area contributed by atoms with Gasteiger partial charge < -0.3 is 0 Å². The highest BCUT2D eigenvalue weighted by Crippen LogP contribution is 2.12. The zero-order valence-electron chi connectivity index (χ0n) is 6.28. The van der Waals surface area contributed by atoms with Gasteiger partial charge in [-0.05, 0) is 12.3 Å². The van der Waals surface area contributed by atoms with E-state index < -0.39 is 0 Å². The predicted molar refractivity (Wildman–Crippen MR) is 38.7 cm³/mol. The summed E-state index contributed by atoms with van der Waals surface area (Å²) in [5.74, 6) is 0.875. The second-order valence-corrected chi connectivity index (χ2v) is 2.22. The molecule has 0 bridgehead atoms. The van der Waals surface area contributed by atoms with E-state index in [1.54, 1.807) is 0 Å². The number of rotatable bonds is 4. The van der Waals surface area contributed by atoms with E-state index in [1.165, 1.54) is 19.3 Å². The molecular weight excluding hydrogens is 96.1 g/mol. The van der Waals surface area contributed by atoms with Crippen LogP contribution < -0.4 is 0 Å². The van der Waals surface area contributed by atoms with E-state index in [1.807, 2.05) is 0 Å². The summed E-state index contributed by atoms with van der Waals surface area (Å²) in [5, 5.41) is 0. The Hall–Kier alpha value is 0. The molecule has 0 N–H and O–H groups in total. The Morgan fingerprint density at radius 1 is 1.12 bits per heavy atom. The van der Waals surface area contributed by atoms with Gasteiger partial charge in [-0.2, -0.15) is 0 Å². The lowest BCUT2D eigenvalue weighted by Crippen LogP contribution is -1.95. The zero-order valence-corrected chi connectivity index (χ0v) is 6.28. The SMILES string of the molecule is CC[CH]C(CC)CC. The molecule has 8 heavy (non-hydrogen) atoms. The van der Waals surface area contributed by atoms with E-state index in [-0.39, 0.29) is 0 Å². The maximum absolute atomic E-state index is 2.40. The summed E-state index contributed by atoms with van der Waals surface area (Å²) in [5.41, 5.74) is 0. The summed E-state index contributed by atoms with van der Waals surface area (Å²) in [6, 6.07) is 0. The van der Waals surface area contributed by atoms with E-state index in [0.717, 1.165) is 5.92 Å². The third kappa shape index (κ3) is 3.06. The van der Waals surface area contributed by atoms with Gasteiger partial charge in [0.1, 0.15) is 0 Å². The molecule has 0 aromatic rings. The van der Waals surface area contributed by atoms with Gasteiger partial charge in [0.25, 0.3) is 0 Å². The average Bonchev–Trinajstić information content (AvgIpc) is 1.83. The summed E-state index contributed by atoms with van der Waals surface area (Å²) in [7, 11) is 0. The molecule has 0 aromatic carbocycles. The molecule has 0 amide bonds. The molecular formula is C8H17. The summed E-state index contributed by atoms with van der Waals surface area (Å²) >= 11 is 0. The van der Waals surface area contributed by atoms with Crippen molar-refractivity contribution >= 4 is 0 Å². The van der Waals surface area contributed by atoms with Crippen LogP contribution in [-0.4, -0.2) is 0 Å². The largest absolute Gasteiger partial charge is 0.0651 e. The summed E-state index contributed by atoms with van der Waals surface area (Å²) in [6.07, 6.45) is 6.25. The first kappa shape index (κ1) is 8.00. The van der Waals surface area contributed by atoms with E-state index >= 15 is 0 Å². The Kier molecular flexibility index (Phi) is 5.14.